The molecule has 1 aromatic heterocycles. The van der Waals surface area contributed by atoms with Crippen molar-refractivity contribution in [2.75, 3.05) is 7.05 Å². The van der Waals surface area contributed by atoms with Gasteiger partial charge in [0, 0.05) is 6.42 Å². The Morgan fingerprint density at radius 1 is 1.59 bits per heavy atom. The molecule has 1 fully saturated rings. The van der Waals surface area contributed by atoms with Crippen molar-refractivity contribution in [3.8, 4) is 12.1 Å². The molecule has 2 unspecified atom stereocenters. The highest BCUT2D eigenvalue weighted by Crippen LogP contribution is 2.34. The van der Waals surface area contributed by atoms with Crippen LogP contribution in [-0.2, 0) is 0 Å². The van der Waals surface area contributed by atoms with Crippen molar-refractivity contribution < 1.29 is 0 Å². The predicted molar refractivity (Wildman–Crippen MR) is 59.6 cm³/mol. The number of aromatic nitrogens is 3. The lowest BCUT2D eigenvalue weighted by molar-refractivity contribution is 0.229. The van der Waals surface area contributed by atoms with Gasteiger partial charge in [0.25, 0.3) is 5.82 Å². The largest absolute Gasteiger partial charge is 0.302 e. The summed E-state index contributed by atoms with van der Waals surface area (Å²) >= 11 is 0. The third kappa shape index (κ3) is 2.13. The molecule has 0 aliphatic heterocycles. The number of hydrogen-bond acceptors (Lipinski definition) is 5. The molecular formula is C11H14N6. The normalized spacial score (nSPS) is 28.3. The minimum atomic E-state index is -0.471. The third-order valence-corrected chi connectivity index (χ3v) is 3.40. The Bertz CT molecular complexity index is 479. The van der Waals surface area contributed by atoms with Crippen molar-refractivity contribution in [2.45, 2.75) is 37.3 Å². The van der Waals surface area contributed by atoms with Crippen LogP contribution in [0.5, 0.6) is 0 Å². The zero-order valence-corrected chi connectivity index (χ0v) is 9.72. The monoisotopic (exact) mass is 230 g/mol. The molecule has 0 saturated heterocycles. The van der Waals surface area contributed by atoms with E-state index in [1.807, 2.05) is 13.1 Å². The number of nitrogens with zero attached hydrogens (tertiary/aromatic N) is 5. The summed E-state index contributed by atoms with van der Waals surface area (Å²) in [7, 11) is 1.81. The fraction of sp³-hybridized carbons (Fsp3) is 0.636. The molecule has 1 aliphatic rings. The van der Waals surface area contributed by atoms with Crippen LogP contribution in [0, 0.1) is 22.7 Å². The molecule has 1 saturated carbocycles. The van der Waals surface area contributed by atoms with Gasteiger partial charge in [0.15, 0.2) is 0 Å². The first-order chi connectivity index (χ1) is 8.23. The second kappa shape index (κ2) is 4.52. The molecule has 6 heteroatoms. The third-order valence-electron chi connectivity index (χ3n) is 3.40. The van der Waals surface area contributed by atoms with E-state index >= 15 is 0 Å². The van der Waals surface area contributed by atoms with Gasteiger partial charge in [-0.25, -0.2) is 9.67 Å². The molecule has 0 bridgehead atoms. The molecule has 0 amide bonds. The van der Waals surface area contributed by atoms with Gasteiger partial charge in [0.05, 0.1) is 12.1 Å². The molecule has 88 valence electrons. The molecule has 6 nitrogen and oxygen atoms in total. The molecule has 1 N–H and O–H groups in total. The van der Waals surface area contributed by atoms with Crippen LogP contribution in [0.15, 0.2) is 6.33 Å². The number of nitriles is 2. The van der Waals surface area contributed by atoms with E-state index in [9.17, 15) is 5.26 Å². The van der Waals surface area contributed by atoms with Gasteiger partial charge in [-0.15, -0.1) is 5.10 Å². The van der Waals surface area contributed by atoms with Crippen LogP contribution in [0.3, 0.4) is 0 Å². The summed E-state index contributed by atoms with van der Waals surface area (Å²) in [5.74, 6) is 0.183. The smallest absolute Gasteiger partial charge is 0.252 e. The quantitative estimate of drug-likeness (QED) is 0.809. The maximum Gasteiger partial charge on any atom is 0.252 e. The minimum Gasteiger partial charge on any atom is -0.302 e. The Balaban J connectivity index is 2.18. The minimum absolute atomic E-state index is 0.144. The fourth-order valence-electron chi connectivity index (χ4n) is 2.36. The molecule has 0 radical (unpaired) electrons. The summed E-state index contributed by atoms with van der Waals surface area (Å²) in [5, 5.41) is 25.1. The zero-order valence-electron chi connectivity index (χ0n) is 9.72. The molecule has 2 atom stereocenters. The van der Waals surface area contributed by atoms with Gasteiger partial charge in [0.1, 0.15) is 17.9 Å². The van der Waals surface area contributed by atoms with Gasteiger partial charge in [-0.3, -0.25) is 0 Å². The Labute approximate surface area is 99.9 Å². The van der Waals surface area contributed by atoms with E-state index in [2.05, 4.69) is 21.5 Å². The van der Waals surface area contributed by atoms with Crippen LogP contribution in [0.2, 0.25) is 0 Å². The fourth-order valence-corrected chi connectivity index (χ4v) is 2.36. The Kier molecular flexibility index (Phi) is 3.08. The Morgan fingerprint density at radius 3 is 3.00 bits per heavy atom. The SMILES string of the molecule is CNC1(C#N)CCCC(n2cnc(C#N)n2)C1. The maximum atomic E-state index is 9.25. The van der Waals surface area contributed by atoms with Crippen LogP contribution in [-0.4, -0.2) is 27.4 Å². The first-order valence-corrected chi connectivity index (χ1v) is 5.64. The van der Waals surface area contributed by atoms with Gasteiger partial charge in [0.2, 0.25) is 0 Å². The first kappa shape index (κ1) is 11.6. The lowest BCUT2D eigenvalue weighted by Gasteiger charge is -2.35. The van der Waals surface area contributed by atoms with Gasteiger partial charge in [-0.05, 0) is 26.3 Å². The summed E-state index contributed by atoms with van der Waals surface area (Å²) in [4.78, 5) is 3.90. The van der Waals surface area contributed by atoms with Gasteiger partial charge >= 0.3 is 0 Å². The molecule has 17 heavy (non-hydrogen) atoms. The highest BCUT2D eigenvalue weighted by molar-refractivity contribution is 5.11. The van der Waals surface area contributed by atoms with Crippen LogP contribution in [0.4, 0.5) is 0 Å². The summed E-state index contributed by atoms with van der Waals surface area (Å²) in [6.07, 6.45) is 5.08. The van der Waals surface area contributed by atoms with Crippen molar-refractivity contribution in [3.63, 3.8) is 0 Å². The maximum absolute atomic E-state index is 9.25. The van der Waals surface area contributed by atoms with Gasteiger partial charge in [-0.1, -0.05) is 0 Å². The Morgan fingerprint density at radius 2 is 2.41 bits per heavy atom. The molecule has 1 aromatic rings. The Hall–Kier alpha value is -1.92. The summed E-state index contributed by atoms with van der Waals surface area (Å²) in [6.45, 7) is 0. The van der Waals surface area contributed by atoms with Crippen molar-refractivity contribution in [2.24, 2.45) is 0 Å². The van der Waals surface area contributed by atoms with E-state index in [0.29, 0.717) is 6.42 Å². The summed E-state index contributed by atoms with van der Waals surface area (Å²) < 4.78 is 1.71. The van der Waals surface area contributed by atoms with Crippen LogP contribution in [0.1, 0.15) is 37.5 Å². The lowest BCUT2D eigenvalue weighted by Crippen LogP contribution is -2.46. The van der Waals surface area contributed by atoms with Crippen LogP contribution in [0.25, 0.3) is 0 Å². The van der Waals surface area contributed by atoms with Gasteiger partial charge < -0.3 is 5.32 Å². The molecule has 1 heterocycles. The second-order valence-electron chi connectivity index (χ2n) is 4.35. The van der Waals surface area contributed by atoms with E-state index in [-0.39, 0.29) is 11.9 Å². The van der Waals surface area contributed by atoms with Crippen LogP contribution >= 0.6 is 0 Å². The van der Waals surface area contributed by atoms with E-state index < -0.39 is 5.54 Å². The van der Waals surface area contributed by atoms with E-state index in [4.69, 9.17) is 5.26 Å². The van der Waals surface area contributed by atoms with Crippen molar-refractivity contribution in [3.05, 3.63) is 12.2 Å². The molecule has 0 aromatic carbocycles. The van der Waals surface area contributed by atoms with E-state index in [1.54, 1.807) is 11.0 Å². The topological polar surface area (TPSA) is 90.3 Å². The van der Waals surface area contributed by atoms with Crippen molar-refractivity contribution in [1.29, 1.82) is 10.5 Å². The van der Waals surface area contributed by atoms with Crippen LogP contribution < -0.4 is 5.32 Å². The average molecular weight is 230 g/mol. The van der Waals surface area contributed by atoms with Crippen molar-refractivity contribution >= 4 is 0 Å². The number of hydrogen-bond donors (Lipinski definition) is 1. The zero-order chi connectivity index (χ0) is 12.3. The first-order valence-electron chi connectivity index (χ1n) is 5.64. The van der Waals surface area contributed by atoms with Crippen molar-refractivity contribution in [1.82, 2.24) is 20.1 Å². The molecular weight excluding hydrogens is 216 g/mol. The average Bonchev–Trinajstić information content (AvgIpc) is 2.87. The highest BCUT2D eigenvalue weighted by atomic mass is 15.3. The summed E-state index contributed by atoms with van der Waals surface area (Å²) in [5.41, 5.74) is -0.471. The van der Waals surface area contributed by atoms with E-state index in [0.717, 1.165) is 19.3 Å². The number of nitrogens with one attached hydrogen (secondary N) is 1. The highest BCUT2D eigenvalue weighted by Gasteiger charge is 2.36. The molecule has 0 spiro atoms. The number of rotatable bonds is 2. The molecule has 2 rings (SSSR count). The second-order valence-corrected chi connectivity index (χ2v) is 4.35. The molecule has 1 aliphatic carbocycles. The summed E-state index contributed by atoms with van der Waals surface area (Å²) in [6, 6.07) is 4.41. The van der Waals surface area contributed by atoms with E-state index in [1.165, 1.54) is 0 Å². The van der Waals surface area contributed by atoms with Gasteiger partial charge in [-0.2, -0.15) is 10.5 Å². The predicted octanol–water partition coefficient (Wildman–Crippen LogP) is 0.747. The standard InChI is InChI=1S/C11H14N6/c1-14-11(7-13)4-2-3-9(5-11)17-8-15-10(6-12)16-17/h8-9,14H,2-5H2,1H3. The lowest BCUT2D eigenvalue weighted by atomic mass is 9.80.